The number of aliphatic hydroxyl groups is 1. The number of allylic oxidation sites excluding steroid dienone is 1. The summed E-state index contributed by atoms with van der Waals surface area (Å²) < 4.78 is 0. The Morgan fingerprint density at radius 3 is 2.39 bits per heavy atom. The van der Waals surface area contributed by atoms with E-state index in [1.54, 1.807) is 6.20 Å². The number of ketones is 1. The number of rotatable bonds is 18. The second-order valence-electron chi connectivity index (χ2n) is 14.3. The van der Waals surface area contributed by atoms with E-state index in [2.05, 4.69) is 41.0 Å². The molecule has 0 bridgehead atoms. The fourth-order valence-electron chi connectivity index (χ4n) is 7.44. The molecule has 0 spiro atoms. The average molecular weight is 678 g/mol. The Morgan fingerprint density at radius 2 is 1.76 bits per heavy atom. The van der Waals surface area contributed by atoms with Crippen molar-refractivity contribution in [2.75, 3.05) is 6.54 Å². The molecule has 1 saturated carbocycles. The van der Waals surface area contributed by atoms with Gasteiger partial charge < -0.3 is 25.8 Å². The molecule has 0 unspecified atom stereocenters. The molecule has 11 nitrogen and oxygen atoms in total. The number of hydrogen-bond acceptors (Lipinski definition) is 6. The number of Topliss-reactive ketones (excluding diaryl/α,β-unsaturated/α-hetero) is 1. The van der Waals surface area contributed by atoms with Gasteiger partial charge in [-0.25, -0.2) is 9.78 Å². The van der Waals surface area contributed by atoms with Crippen molar-refractivity contribution in [2.45, 2.75) is 115 Å². The number of carbonyl (C=O) groups excluding carboxylic acids is 3. The minimum absolute atomic E-state index is 0.0782. The fraction of sp³-hybridized carbons (Fsp3) is 0.605. The van der Waals surface area contributed by atoms with Gasteiger partial charge in [0.25, 0.3) is 0 Å². The summed E-state index contributed by atoms with van der Waals surface area (Å²) in [5, 5.41) is 27.2. The molecule has 6 atom stereocenters. The summed E-state index contributed by atoms with van der Waals surface area (Å²) >= 11 is 0. The van der Waals surface area contributed by atoms with Crippen LogP contribution in [0.1, 0.15) is 89.3 Å². The number of carbonyl (C=O) groups is 4. The van der Waals surface area contributed by atoms with Crippen LogP contribution in [0.2, 0.25) is 0 Å². The van der Waals surface area contributed by atoms with Crippen molar-refractivity contribution in [3.8, 4) is 0 Å². The highest BCUT2D eigenvalue weighted by molar-refractivity contribution is 5.94. The van der Waals surface area contributed by atoms with Gasteiger partial charge in [-0.2, -0.15) is 0 Å². The first-order valence-corrected chi connectivity index (χ1v) is 18.0. The number of amides is 3. The highest BCUT2D eigenvalue weighted by atomic mass is 16.4. The number of nitrogens with zero attached hydrogens (tertiary/aromatic N) is 2. The first kappa shape index (κ1) is 37.8. The van der Waals surface area contributed by atoms with Crippen LogP contribution in [0.15, 0.2) is 55.5 Å². The lowest BCUT2D eigenvalue weighted by Gasteiger charge is -2.33. The Kier molecular flexibility index (Phi) is 14.4. The molecule has 2 aromatic rings. The third kappa shape index (κ3) is 11.3. The highest BCUT2D eigenvalue weighted by Crippen LogP contribution is 2.30. The second-order valence-corrected chi connectivity index (χ2v) is 14.3. The molecule has 3 amide bonds. The van der Waals surface area contributed by atoms with Crippen LogP contribution in [0.5, 0.6) is 0 Å². The number of imidazole rings is 1. The van der Waals surface area contributed by atoms with E-state index in [-0.39, 0.29) is 43.4 Å². The zero-order valence-electron chi connectivity index (χ0n) is 29.1. The molecule has 1 aliphatic carbocycles. The molecule has 1 aromatic carbocycles. The zero-order chi connectivity index (χ0) is 35.3. The predicted octanol–water partition coefficient (Wildman–Crippen LogP) is 5.06. The summed E-state index contributed by atoms with van der Waals surface area (Å²) in [6, 6.07) is 7.03. The van der Waals surface area contributed by atoms with Crippen molar-refractivity contribution in [2.24, 2.45) is 23.7 Å². The van der Waals surface area contributed by atoms with Crippen LogP contribution >= 0.6 is 0 Å². The maximum Gasteiger partial charge on any atom is 0.407 e. The first-order valence-electron chi connectivity index (χ1n) is 18.0. The van der Waals surface area contributed by atoms with Gasteiger partial charge >= 0.3 is 6.09 Å². The van der Waals surface area contributed by atoms with Crippen LogP contribution in [0, 0.1) is 23.7 Å². The SMILES string of the molecule is C=C[C@@H](C[C@H](O)[C@H](CC1CCCCC1)NC(=O)[C@H](Cc1cnc[nH]1)NC(=O)[C@@H](CC(=O)[C@@H]1CCCN1C(=O)O)Cc1ccccc1)C(C)C. The van der Waals surface area contributed by atoms with E-state index in [1.807, 2.05) is 36.4 Å². The first-order chi connectivity index (χ1) is 23.5. The number of likely N-dealkylation sites (tertiary alicyclic amines) is 1. The van der Waals surface area contributed by atoms with E-state index < -0.39 is 48.1 Å². The van der Waals surface area contributed by atoms with E-state index >= 15 is 0 Å². The van der Waals surface area contributed by atoms with Crippen LogP contribution in [-0.4, -0.2) is 79.5 Å². The molecule has 2 aliphatic rings. The van der Waals surface area contributed by atoms with E-state index in [0.717, 1.165) is 36.1 Å². The summed E-state index contributed by atoms with van der Waals surface area (Å²) in [5.74, 6) is -1.27. The van der Waals surface area contributed by atoms with Crippen LogP contribution in [-0.2, 0) is 27.2 Å². The van der Waals surface area contributed by atoms with Crippen LogP contribution < -0.4 is 10.6 Å². The van der Waals surface area contributed by atoms with Crippen molar-refractivity contribution in [3.63, 3.8) is 0 Å². The van der Waals surface area contributed by atoms with Crippen molar-refractivity contribution >= 4 is 23.7 Å². The number of aliphatic hydroxyl groups excluding tert-OH is 1. The van der Waals surface area contributed by atoms with Gasteiger partial charge in [-0.15, -0.1) is 6.58 Å². The fourth-order valence-corrected chi connectivity index (χ4v) is 7.44. The van der Waals surface area contributed by atoms with Gasteiger partial charge in [0.1, 0.15) is 6.04 Å². The molecule has 268 valence electrons. The van der Waals surface area contributed by atoms with Gasteiger partial charge in [-0.1, -0.05) is 82.4 Å². The lowest BCUT2D eigenvalue weighted by molar-refractivity contribution is -0.134. The van der Waals surface area contributed by atoms with Gasteiger partial charge in [-0.3, -0.25) is 19.3 Å². The smallest absolute Gasteiger partial charge is 0.407 e. The highest BCUT2D eigenvalue weighted by Gasteiger charge is 2.37. The Balaban J connectivity index is 1.56. The average Bonchev–Trinajstić information content (AvgIpc) is 3.80. The molecule has 1 aliphatic heterocycles. The molecule has 5 N–H and O–H groups in total. The van der Waals surface area contributed by atoms with Crippen LogP contribution in [0.4, 0.5) is 4.79 Å². The second kappa shape index (κ2) is 18.7. The Hall–Kier alpha value is -3.99. The number of hydrogen-bond donors (Lipinski definition) is 5. The Bertz CT molecular complexity index is 1360. The third-order valence-corrected chi connectivity index (χ3v) is 10.4. The standard InChI is InChI=1S/C38H55N5O6/c1-4-28(25(2)3)20-34(44)31(19-27-14-9-6-10-15-27)41-37(47)32(22-30-23-39-24-40-30)42-36(46)29(18-26-12-7-5-8-13-26)21-35(45)33-16-11-17-43(33)38(48)49/h4-5,7-8,12-13,23-25,27-29,31-34,44H,1,6,9-11,14-22H2,2-3H3,(H,39,40)(H,41,47)(H,42,46)(H,48,49)/t28-,29+,31-,32-,33-,34-/m0/s1. The van der Waals surface area contributed by atoms with Crippen LogP contribution in [0.25, 0.3) is 0 Å². The van der Waals surface area contributed by atoms with E-state index in [0.29, 0.717) is 37.3 Å². The van der Waals surface area contributed by atoms with Crippen molar-refractivity contribution in [1.29, 1.82) is 0 Å². The number of benzene rings is 1. The molecule has 2 heterocycles. The van der Waals surface area contributed by atoms with Gasteiger partial charge in [0.2, 0.25) is 11.8 Å². The van der Waals surface area contributed by atoms with Gasteiger partial charge in [0, 0.05) is 37.2 Å². The number of aromatic nitrogens is 2. The largest absolute Gasteiger partial charge is 0.465 e. The molecule has 11 heteroatoms. The molecule has 2 fully saturated rings. The van der Waals surface area contributed by atoms with Gasteiger partial charge in [0.15, 0.2) is 5.78 Å². The minimum atomic E-state index is -1.14. The number of aromatic amines is 1. The summed E-state index contributed by atoms with van der Waals surface area (Å²) in [5.41, 5.74) is 1.50. The van der Waals surface area contributed by atoms with Crippen molar-refractivity contribution < 1.29 is 29.4 Å². The molecule has 1 aromatic heterocycles. The summed E-state index contributed by atoms with van der Waals surface area (Å²) in [7, 11) is 0. The summed E-state index contributed by atoms with van der Waals surface area (Å²) in [6.45, 7) is 8.43. The third-order valence-electron chi connectivity index (χ3n) is 10.4. The summed E-state index contributed by atoms with van der Waals surface area (Å²) in [4.78, 5) is 61.8. The van der Waals surface area contributed by atoms with E-state index in [9.17, 15) is 29.4 Å². The van der Waals surface area contributed by atoms with Crippen molar-refractivity contribution in [1.82, 2.24) is 25.5 Å². The van der Waals surface area contributed by atoms with E-state index in [1.165, 1.54) is 12.7 Å². The van der Waals surface area contributed by atoms with Crippen molar-refractivity contribution in [3.05, 3.63) is 66.8 Å². The lowest BCUT2D eigenvalue weighted by Crippen LogP contribution is -2.55. The number of nitrogens with one attached hydrogen (secondary N) is 3. The Morgan fingerprint density at radius 1 is 1.02 bits per heavy atom. The minimum Gasteiger partial charge on any atom is -0.465 e. The molecule has 1 saturated heterocycles. The molecule has 49 heavy (non-hydrogen) atoms. The normalized spacial score (nSPS) is 19.8. The number of carboxylic acid groups (broad SMARTS) is 1. The van der Waals surface area contributed by atoms with E-state index in [4.69, 9.17) is 0 Å². The lowest BCUT2D eigenvalue weighted by atomic mass is 9.81. The Labute approximate surface area is 290 Å². The molecule has 4 rings (SSSR count). The topological polar surface area (TPSA) is 165 Å². The maximum atomic E-state index is 14.2. The maximum absolute atomic E-state index is 14.2. The zero-order valence-corrected chi connectivity index (χ0v) is 29.1. The monoisotopic (exact) mass is 677 g/mol. The summed E-state index contributed by atoms with van der Waals surface area (Å²) in [6.07, 6.45) is 10.9. The molecule has 0 radical (unpaired) electrons. The quantitative estimate of drug-likeness (QED) is 0.138. The molecular formula is C38H55N5O6. The van der Waals surface area contributed by atoms with Crippen LogP contribution in [0.3, 0.4) is 0 Å². The number of H-pyrrole nitrogens is 1. The van der Waals surface area contributed by atoms with Gasteiger partial charge in [0.05, 0.1) is 24.5 Å². The predicted molar refractivity (Wildman–Crippen MR) is 188 cm³/mol. The van der Waals surface area contributed by atoms with Gasteiger partial charge in [-0.05, 0) is 55.4 Å². The molecular weight excluding hydrogens is 622 g/mol.